The molecule has 0 unspecified atom stereocenters. The van der Waals surface area contributed by atoms with E-state index in [9.17, 15) is 0 Å². The zero-order chi connectivity index (χ0) is 19.9. The second-order valence-corrected chi connectivity index (χ2v) is 6.49. The van der Waals surface area contributed by atoms with Gasteiger partial charge in [-0.05, 0) is 35.5 Å². The fourth-order valence-corrected chi connectivity index (χ4v) is 3.25. The molecule has 0 saturated heterocycles. The van der Waals surface area contributed by atoms with Gasteiger partial charge in [0, 0.05) is 17.5 Å². The van der Waals surface area contributed by atoms with Crippen molar-refractivity contribution in [3.05, 3.63) is 103 Å². The van der Waals surface area contributed by atoms with Crippen LogP contribution in [0.15, 0.2) is 97.2 Å². The van der Waals surface area contributed by atoms with E-state index in [1.807, 2.05) is 97.9 Å². The van der Waals surface area contributed by atoms with E-state index in [0.717, 1.165) is 22.6 Å². The zero-order valence-electron chi connectivity index (χ0n) is 16.1. The lowest BCUT2D eigenvalue weighted by Crippen LogP contribution is -2.39. The number of hydrogen-bond acceptors (Lipinski definition) is 5. The summed E-state index contributed by atoms with van der Waals surface area (Å²) in [5.74, 6) is 0.395. The summed E-state index contributed by atoms with van der Waals surface area (Å²) in [7, 11) is 0. The number of ether oxygens (including phenoxy) is 2. The molecule has 0 radical (unpaired) electrons. The number of rotatable bonds is 7. The molecule has 4 aromatic rings. The fourth-order valence-electron chi connectivity index (χ4n) is 3.25. The lowest BCUT2D eigenvalue weighted by molar-refractivity contribution is -0.124. The Kier molecular flexibility index (Phi) is 5.47. The number of benzene rings is 3. The number of nitrogens with zero attached hydrogens (tertiary/aromatic N) is 3. The molecule has 3 aromatic carbocycles. The topological polar surface area (TPSA) is 57.1 Å². The second kappa shape index (κ2) is 8.52. The Morgan fingerprint density at radius 3 is 1.86 bits per heavy atom. The Labute approximate surface area is 170 Å². The van der Waals surface area contributed by atoms with Gasteiger partial charge in [0.2, 0.25) is 0 Å². The van der Waals surface area contributed by atoms with Gasteiger partial charge in [-0.3, -0.25) is 0 Å². The van der Waals surface area contributed by atoms with Crippen LogP contribution in [0.4, 0.5) is 0 Å². The van der Waals surface area contributed by atoms with Gasteiger partial charge in [-0.15, -0.1) is 10.2 Å². The smallest absolute Gasteiger partial charge is 0.278 e. The van der Waals surface area contributed by atoms with Crippen molar-refractivity contribution in [2.75, 3.05) is 0 Å². The fraction of sp³-hybridized carbons (Fsp3) is 0.125. The van der Waals surface area contributed by atoms with Crippen LogP contribution in [0.3, 0.4) is 0 Å². The molecular formula is C24H21N3O2. The lowest BCUT2D eigenvalue weighted by atomic mass is 9.94. The highest BCUT2D eigenvalue weighted by Gasteiger charge is 2.38. The molecule has 0 aliphatic rings. The predicted molar refractivity (Wildman–Crippen MR) is 111 cm³/mol. The maximum atomic E-state index is 6.52. The standard InChI is InChI=1S/C24H21N3O2/c1-2-24(28-19-11-5-3-6-12-19,29-20-13-7-4-8-14-20)22-16-10-9-15-21(22)23-17-18-25-27-26-23/h3-18H,2H2,1H3. The van der Waals surface area contributed by atoms with E-state index < -0.39 is 5.79 Å². The first-order valence-electron chi connectivity index (χ1n) is 9.53. The molecule has 0 aliphatic heterocycles. The van der Waals surface area contributed by atoms with Crippen LogP contribution in [-0.4, -0.2) is 15.4 Å². The van der Waals surface area contributed by atoms with Crippen LogP contribution in [0, 0.1) is 0 Å². The van der Waals surface area contributed by atoms with Crippen molar-refractivity contribution in [2.45, 2.75) is 19.1 Å². The van der Waals surface area contributed by atoms with Gasteiger partial charge in [0.25, 0.3) is 5.79 Å². The molecule has 1 heterocycles. The first-order valence-corrected chi connectivity index (χ1v) is 9.53. The highest BCUT2D eigenvalue weighted by Crippen LogP contribution is 2.38. The average molecular weight is 383 g/mol. The Bertz CT molecular complexity index is 1000. The number of hydrogen-bond donors (Lipinski definition) is 0. The third kappa shape index (κ3) is 4.09. The SMILES string of the molecule is CCC(Oc1ccccc1)(Oc1ccccc1)c1ccccc1-c1ccnnn1. The van der Waals surface area contributed by atoms with E-state index in [0.29, 0.717) is 12.1 Å². The van der Waals surface area contributed by atoms with Crippen molar-refractivity contribution in [1.82, 2.24) is 15.4 Å². The van der Waals surface area contributed by atoms with Crippen molar-refractivity contribution in [3.63, 3.8) is 0 Å². The summed E-state index contributed by atoms with van der Waals surface area (Å²) >= 11 is 0. The highest BCUT2D eigenvalue weighted by atomic mass is 16.7. The van der Waals surface area contributed by atoms with Crippen molar-refractivity contribution in [2.24, 2.45) is 0 Å². The third-order valence-corrected chi connectivity index (χ3v) is 4.63. The molecule has 0 fully saturated rings. The van der Waals surface area contributed by atoms with Crippen LogP contribution in [0.1, 0.15) is 18.9 Å². The molecule has 144 valence electrons. The van der Waals surface area contributed by atoms with Gasteiger partial charge in [0.05, 0.1) is 11.9 Å². The van der Waals surface area contributed by atoms with Crippen molar-refractivity contribution < 1.29 is 9.47 Å². The molecule has 0 saturated carbocycles. The first-order chi connectivity index (χ1) is 14.3. The van der Waals surface area contributed by atoms with Crippen LogP contribution in [0.2, 0.25) is 0 Å². The largest absolute Gasteiger partial charge is 0.448 e. The van der Waals surface area contributed by atoms with Crippen LogP contribution in [0.25, 0.3) is 11.3 Å². The maximum absolute atomic E-state index is 6.52. The summed E-state index contributed by atoms with van der Waals surface area (Å²) < 4.78 is 13.0. The van der Waals surface area contributed by atoms with Crippen LogP contribution in [-0.2, 0) is 5.79 Å². The Balaban J connectivity index is 1.86. The molecule has 29 heavy (non-hydrogen) atoms. The summed E-state index contributed by atoms with van der Waals surface area (Å²) in [6.45, 7) is 2.04. The number of para-hydroxylation sites is 2. The van der Waals surface area contributed by atoms with Crippen molar-refractivity contribution >= 4 is 0 Å². The van der Waals surface area contributed by atoms with Crippen LogP contribution < -0.4 is 9.47 Å². The van der Waals surface area contributed by atoms with E-state index in [2.05, 4.69) is 15.4 Å². The minimum absolute atomic E-state index is 0.576. The van der Waals surface area contributed by atoms with E-state index >= 15 is 0 Å². The van der Waals surface area contributed by atoms with Gasteiger partial charge < -0.3 is 9.47 Å². The van der Waals surface area contributed by atoms with Gasteiger partial charge in [0.15, 0.2) is 0 Å². The Morgan fingerprint density at radius 2 is 1.31 bits per heavy atom. The summed E-state index contributed by atoms with van der Waals surface area (Å²) in [5.41, 5.74) is 2.47. The van der Waals surface area contributed by atoms with Crippen LogP contribution >= 0.6 is 0 Å². The molecule has 5 heteroatoms. The van der Waals surface area contributed by atoms with Gasteiger partial charge in [-0.25, -0.2) is 0 Å². The normalized spacial score (nSPS) is 11.1. The minimum Gasteiger partial charge on any atom is -0.448 e. The Morgan fingerprint density at radius 1 is 0.724 bits per heavy atom. The van der Waals surface area contributed by atoms with Crippen LogP contribution in [0.5, 0.6) is 11.5 Å². The van der Waals surface area contributed by atoms with Crippen molar-refractivity contribution in [3.8, 4) is 22.8 Å². The molecule has 0 amide bonds. The molecular weight excluding hydrogens is 362 g/mol. The van der Waals surface area contributed by atoms with Gasteiger partial charge in [-0.1, -0.05) is 67.6 Å². The molecule has 0 bridgehead atoms. The monoisotopic (exact) mass is 383 g/mol. The molecule has 4 rings (SSSR count). The summed E-state index contributed by atoms with van der Waals surface area (Å²) in [6, 6.07) is 29.2. The quantitative estimate of drug-likeness (QED) is 0.408. The summed E-state index contributed by atoms with van der Waals surface area (Å²) in [6.07, 6.45) is 2.20. The number of aromatic nitrogens is 3. The Hall–Kier alpha value is -3.73. The van der Waals surface area contributed by atoms with Gasteiger partial charge in [-0.2, -0.15) is 0 Å². The minimum atomic E-state index is -1.05. The highest BCUT2D eigenvalue weighted by molar-refractivity contribution is 5.64. The third-order valence-electron chi connectivity index (χ3n) is 4.63. The van der Waals surface area contributed by atoms with Gasteiger partial charge in [0.1, 0.15) is 11.5 Å². The zero-order valence-corrected chi connectivity index (χ0v) is 16.1. The average Bonchev–Trinajstić information content (AvgIpc) is 2.80. The van der Waals surface area contributed by atoms with Gasteiger partial charge >= 0.3 is 0 Å². The molecule has 5 nitrogen and oxygen atoms in total. The molecule has 0 atom stereocenters. The summed E-state index contributed by atoms with van der Waals surface area (Å²) in [4.78, 5) is 0. The first kappa shape index (κ1) is 18.6. The molecule has 0 aliphatic carbocycles. The summed E-state index contributed by atoms with van der Waals surface area (Å²) in [5, 5.41) is 11.8. The predicted octanol–water partition coefficient (Wildman–Crippen LogP) is 5.26. The van der Waals surface area contributed by atoms with E-state index in [4.69, 9.17) is 9.47 Å². The molecule has 1 aromatic heterocycles. The second-order valence-electron chi connectivity index (χ2n) is 6.49. The lowest BCUT2D eigenvalue weighted by Gasteiger charge is -2.35. The van der Waals surface area contributed by atoms with Crippen molar-refractivity contribution in [1.29, 1.82) is 0 Å². The van der Waals surface area contributed by atoms with E-state index in [-0.39, 0.29) is 0 Å². The maximum Gasteiger partial charge on any atom is 0.278 e. The van der Waals surface area contributed by atoms with E-state index in [1.54, 1.807) is 6.20 Å². The molecule has 0 spiro atoms. The molecule has 0 N–H and O–H groups in total. The van der Waals surface area contributed by atoms with E-state index in [1.165, 1.54) is 0 Å².